The maximum atomic E-state index is 13.0. The van der Waals surface area contributed by atoms with Gasteiger partial charge in [0.05, 0.1) is 20.3 Å². The zero-order valence-corrected chi connectivity index (χ0v) is 17.3. The number of morpholine rings is 1. The lowest BCUT2D eigenvalue weighted by Gasteiger charge is -2.28. The standard InChI is InChI=1S/C22H23N2O4S/c1-23-17-13-16(21(25)24-9-11-28-12-10-24)7-8-19(17)29-20(22(23)26)14-15-5-3-4-6-18(15)27-2/h3-8,13-14,19H,9-12H2,1-2H3/q+1/b20-14-. The Bertz CT molecular complexity index is 971. The third-order valence-corrected chi connectivity index (χ3v) is 6.37. The summed E-state index contributed by atoms with van der Waals surface area (Å²) in [4.78, 5) is 28.2. The number of methoxy groups -OCH3 is 1. The summed E-state index contributed by atoms with van der Waals surface area (Å²) >= 11 is 1.49. The van der Waals surface area contributed by atoms with Gasteiger partial charge in [-0.3, -0.25) is 4.79 Å². The van der Waals surface area contributed by atoms with E-state index >= 15 is 0 Å². The Balaban J connectivity index is 1.62. The molecule has 1 aliphatic carbocycles. The van der Waals surface area contributed by atoms with E-state index < -0.39 is 0 Å². The Kier molecular flexibility index (Phi) is 5.69. The molecule has 1 atom stereocenters. The van der Waals surface area contributed by atoms with Crippen LogP contribution in [0.15, 0.2) is 53.0 Å². The number of nitrogens with zero attached hydrogens (tertiary/aromatic N) is 2. The first-order valence-corrected chi connectivity index (χ1v) is 10.4. The van der Waals surface area contributed by atoms with Gasteiger partial charge in [-0.25, -0.2) is 4.79 Å². The molecule has 3 aliphatic rings. The number of rotatable bonds is 3. The van der Waals surface area contributed by atoms with Crippen LogP contribution in [0.1, 0.15) is 5.56 Å². The number of fused-ring (bicyclic) bond motifs is 1. The number of carbonyl (C=O) groups excluding carboxylic acids is 2. The topological polar surface area (TPSA) is 58.8 Å². The highest BCUT2D eigenvalue weighted by molar-refractivity contribution is 8.05. The lowest BCUT2D eigenvalue weighted by atomic mass is 10.0. The van der Waals surface area contributed by atoms with Crippen molar-refractivity contribution in [2.45, 2.75) is 5.25 Å². The van der Waals surface area contributed by atoms with E-state index in [9.17, 15) is 9.59 Å². The van der Waals surface area contributed by atoms with Gasteiger partial charge in [-0.2, -0.15) is 4.58 Å². The van der Waals surface area contributed by atoms with Crippen LogP contribution in [0.4, 0.5) is 0 Å². The minimum absolute atomic E-state index is 0.0140. The predicted molar refractivity (Wildman–Crippen MR) is 113 cm³/mol. The molecule has 1 aromatic carbocycles. The molecule has 29 heavy (non-hydrogen) atoms. The van der Waals surface area contributed by atoms with Crippen LogP contribution in [-0.2, 0) is 14.3 Å². The number of amides is 2. The van der Waals surface area contributed by atoms with Crippen LogP contribution in [-0.4, -0.2) is 72.7 Å². The van der Waals surface area contributed by atoms with Gasteiger partial charge in [0.1, 0.15) is 23.0 Å². The molecule has 150 valence electrons. The summed E-state index contributed by atoms with van der Waals surface area (Å²) in [5, 5.41) is -0.0140. The highest BCUT2D eigenvalue weighted by Crippen LogP contribution is 2.34. The zero-order valence-electron chi connectivity index (χ0n) is 16.5. The first-order valence-electron chi connectivity index (χ1n) is 9.51. The molecule has 0 bridgehead atoms. The molecule has 2 heterocycles. The second-order valence-electron chi connectivity index (χ2n) is 6.94. The molecule has 0 N–H and O–H groups in total. The molecule has 2 amide bonds. The van der Waals surface area contributed by atoms with Gasteiger partial charge in [0.25, 0.3) is 5.91 Å². The first kappa shape index (κ1) is 19.7. The van der Waals surface area contributed by atoms with E-state index in [2.05, 4.69) is 0 Å². The fourth-order valence-corrected chi connectivity index (χ4v) is 4.75. The number of benzene rings is 1. The molecule has 1 aromatic rings. The molecule has 2 aliphatic heterocycles. The van der Waals surface area contributed by atoms with E-state index in [1.807, 2.05) is 48.6 Å². The summed E-state index contributed by atoms with van der Waals surface area (Å²) in [6.07, 6.45) is 7.56. The fourth-order valence-electron chi connectivity index (χ4n) is 3.54. The van der Waals surface area contributed by atoms with E-state index in [1.54, 1.807) is 23.6 Å². The second-order valence-corrected chi connectivity index (χ2v) is 8.12. The third kappa shape index (κ3) is 3.93. The normalized spacial score (nSPS) is 23.2. The molecule has 0 aromatic heterocycles. The molecule has 1 saturated heterocycles. The largest absolute Gasteiger partial charge is 0.496 e. The molecule has 0 spiro atoms. The monoisotopic (exact) mass is 411 g/mol. The van der Waals surface area contributed by atoms with Crippen molar-refractivity contribution in [1.82, 2.24) is 4.90 Å². The number of likely N-dealkylation sites (N-methyl/N-ethyl adjacent to an activating group) is 1. The molecule has 1 fully saturated rings. The van der Waals surface area contributed by atoms with Crippen LogP contribution >= 0.6 is 11.8 Å². The molecule has 1 unspecified atom stereocenters. The van der Waals surface area contributed by atoms with Crippen molar-refractivity contribution in [2.75, 3.05) is 40.5 Å². The minimum Gasteiger partial charge on any atom is -0.496 e. The molecular weight excluding hydrogens is 388 g/mol. The fraction of sp³-hybridized carbons (Fsp3) is 0.318. The van der Waals surface area contributed by atoms with Crippen LogP contribution in [0.25, 0.3) is 6.08 Å². The van der Waals surface area contributed by atoms with E-state index in [0.29, 0.717) is 36.8 Å². The van der Waals surface area contributed by atoms with Crippen molar-refractivity contribution in [3.8, 4) is 5.75 Å². The zero-order chi connectivity index (χ0) is 20.4. The summed E-state index contributed by atoms with van der Waals surface area (Å²) in [5.74, 6) is 0.622. The van der Waals surface area contributed by atoms with Crippen LogP contribution in [0, 0.1) is 0 Å². The van der Waals surface area contributed by atoms with Crippen molar-refractivity contribution in [1.29, 1.82) is 0 Å². The van der Waals surface area contributed by atoms with Crippen LogP contribution < -0.4 is 4.74 Å². The highest BCUT2D eigenvalue weighted by atomic mass is 32.2. The Morgan fingerprint density at radius 3 is 2.83 bits per heavy atom. The summed E-state index contributed by atoms with van der Waals surface area (Å²) in [5.41, 5.74) is 2.30. The predicted octanol–water partition coefficient (Wildman–Crippen LogP) is 2.12. The van der Waals surface area contributed by atoms with E-state index in [-0.39, 0.29) is 17.1 Å². The number of thioether (sulfide) groups is 1. The summed E-state index contributed by atoms with van der Waals surface area (Å²) in [7, 11) is 3.37. The first-order chi connectivity index (χ1) is 14.1. The molecular formula is C22H23N2O4S+. The second kappa shape index (κ2) is 8.39. The van der Waals surface area contributed by atoms with Gasteiger partial charge in [0.2, 0.25) is 5.71 Å². The average Bonchev–Trinajstić information content (AvgIpc) is 2.77. The van der Waals surface area contributed by atoms with Gasteiger partial charge < -0.3 is 14.4 Å². The number of hydrogen-bond acceptors (Lipinski definition) is 5. The van der Waals surface area contributed by atoms with Crippen molar-refractivity contribution in [3.05, 3.63) is 58.5 Å². The maximum absolute atomic E-state index is 13.0. The van der Waals surface area contributed by atoms with Crippen LogP contribution in [0.3, 0.4) is 0 Å². The van der Waals surface area contributed by atoms with Crippen molar-refractivity contribution < 1.29 is 23.6 Å². The lowest BCUT2D eigenvalue weighted by Crippen LogP contribution is -2.42. The van der Waals surface area contributed by atoms with Crippen molar-refractivity contribution in [3.63, 3.8) is 0 Å². The highest BCUT2D eigenvalue weighted by Gasteiger charge is 2.38. The SMILES string of the molecule is COc1ccccc1/C=C1\SC2C=CC(C(=O)N3CCOCC3)=CC2=[N+](C)C1=O. The summed E-state index contributed by atoms with van der Waals surface area (Å²) < 4.78 is 12.4. The number of para-hydroxylation sites is 1. The quantitative estimate of drug-likeness (QED) is 0.563. The lowest BCUT2D eigenvalue weighted by molar-refractivity contribution is -0.413. The smallest absolute Gasteiger partial charge is 0.425 e. The van der Waals surface area contributed by atoms with E-state index in [1.165, 1.54) is 11.8 Å². The van der Waals surface area contributed by atoms with Crippen molar-refractivity contribution >= 4 is 35.4 Å². The van der Waals surface area contributed by atoms with Gasteiger partial charge in [0.15, 0.2) is 0 Å². The molecule has 6 nitrogen and oxygen atoms in total. The number of allylic oxidation sites excluding steroid dienone is 1. The Morgan fingerprint density at radius 1 is 1.31 bits per heavy atom. The molecule has 0 saturated carbocycles. The minimum atomic E-state index is -0.0862. The van der Waals surface area contributed by atoms with Gasteiger partial charge in [-0.1, -0.05) is 42.1 Å². The van der Waals surface area contributed by atoms with E-state index in [4.69, 9.17) is 9.47 Å². The van der Waals surface area contributed by atoms with Gasteiger partial charge in [-0.15, -0.1) is 0 Å². The number of hydrogen-bond donors (Lipinski definition) is 0. The van der Waals surface area contributed by atoms with Gasteiger partial charge in [0, 0.05) is 30.3 Å². The average molecular weight is 412 g/mol. The Labute approximate surface area is 174 Å². The Morgan fingerprint density at radius 2 is 2.07 bits per heavy atom. The number of ether oxygens (including phenoxy) is 2. The molecule has 4 rings (SSSR count). The number of carbonyl (C=O) groups is 2. The third-order valence-electron chi connectivity index (χ3n) is 5.17. The summed E-state index contributed by atoms with van der Waals surface area (Å²) in [6.45, 7) is 2.32. The molecule has 0 radical (unpaired) electrons. The van der Waals surface area contributed by atoms with Gasteiger partial charge >= 0.3 is 5.91 Å². The van der Waals surface area contributed by atoms with E-state index in [0.717, 1.165) is 17.0 Å². The Hall–Kier alpha value is -2.64. The van der Waals surface area contributed by atoms with Crippen LogP contribution in [0.2, 0.25) is 0 Å². The molecule has 7 heteroatoms. The van der Waals surface area contributed by atoms with Crippen molar-refractivity contribution in [2.24, 2.45) is 0 Å². The van der Waals surface area contributed by atoms with Crippen LogP contribution in [0.5, 0.6) is 5.75 Å². The van der Waals surface area contributed by atoms with Gasteiger partial charge in [-0.05, 0) is 12.1 Å². The maximum Gasteiger partial charge on any atom is 0.425 e. The summed E-state index contributed by atoms with van der Waals surface area (Å²) in [6, 6.07) is 7.62.